The minimum absolute atomic E-state index is 0.0265. The Balaban J connectivity index is 2.02. The van der Waals surface area contributed by atoms with Crippen molar-refractivity contribution in [3.63, 3.8) is 0 Å². The van der Waals surface area contributed by atoms with Crippen LogP contribution in [0.4, 0.5) is 0 Å². The predicted octanol–water partition coefficient (Wildman–Crippen LogP) is 2.01. The summed E-state index contributed by atoms with van der Waals surface area (Å²) >= 11 is 1.31. The van der Waals surface area contributed by atoms with Gasteiger partial charge in [0.15, 0.2) is 5.78 Å². The van der Waals surface area contributed by atoms with Crippen molar-refractivity contribution in [3.8, 4) is 0 Å². The van der Waals surface area contributed by atoms with Crippen LogP contribution in [-0.2, 0) is 7.05 Å². The summed E-state index contributed by atoms with van der Waals surface area (Å²) in [6.45, 7) is 1.96. The van der Waals surface area contributed by atoms with Crippen molar-refractivity contribution >= 4 is 17.5 Å². The van der Waals surface area contributed by atoms with Gasteiger partial charge in [-0.25, -0.2) is 4.68 Å². The Bertz CT molecular complexity index is 591. The van der Waals surface area contributed by atoms with Gasteiger partial charge in [0.25, 0.3) is 0 Å². The summed E-state index contributed by atoms with van der Waals surface area (Å²) in [5.74, 6) is -0.0265. The molecule has 2 rings (SSSR count). The number of allylic oxidation sites excluding steroid dienone is 1. The zero-order chi connectivity index (χ0) is 13.0. The normalized spacial score (nSPS) is 11.0. The molecule has 0 saturated heterocycles. The highest BCUT2D eigenvalue weighted by Gasteiger charge is 2.03. The van der Waals surface area contributed by atoms with Crippen LogP contribution in [0.1, 0.15) is 15.9 Å². The largest absolute Gasteiger partial charge is 0.289 e. The Hall–Kier alpha value is -1.95. The highest BCUT2D eigenvalue weighted by atomic mass is 32.2. The van der Waals surface area contributed by atoms with Crippen molar-refractivity contribution in [3.05, 3.63) is 46.9 Å². The number of ketones is 1. The van der Waals surface area contributed by atoms with Crippen LogP contribution in [0.15, 0.2) is 40.9 Å². The summed E-state index contributed by atoms with van der Waals surface area (Å²) in [5.41, 5.74) is 1.75. The maximum Gasteiger partial charge on any atom is 0.213 e. The van der Waals surface area contributed by atoms with E-state index in [2.05, 4.69) is 15.5 Å². The van der Waals surface area contributed by atoms with E-state index in [9.17, 15) is 4.79 Å². The summed E-state index contributed by atoms with van der Waals surface area (Å²) in [6, 6.07) is 7.49. The van der Waals surface area contributed by atoms with Gasteiger partial charge in [0.05, 0.1) is 0 Å². The Morgan fingerprint density at radius 2 is 2.28 bits per heavy atom. The fourth-order valence-corrected chi connectivity index (χ4v) is 1.96. The number of hydrogen-bond acceptors (Lipinski definition) is 5. The fourth-order valence-electron chi connectivity index (χ4n) is 1.37. The molecule has 6 heteroatoms. The number of carbonyl (C=O) groups is 1. The van der Waals surface area contributed by atoms with Crippen molar-refractivity contribution < 1.29 is 4.79 Å². The molecule has 0 aliphatic heterocycles. The minimum Gasteiger partial charge on any atom is -0.289 e. The molecule has 0 radical (unpaired) electrons. The lowest BCUT2D eigenvalue weighted by Gasteiger charge is -1.97. The van der Waals surface area contributed by atoms with Crippen molar-refractivity contribution in [2.75, 3.05) is 0 Å². The van der Waals surface area contributed by atoms with E-state index in [1.807, 2.05) is 25.1 Å². The van der Waals surface area contributed by atoms with Gasteiger partial charge in [-0.05, 0) is 34.9 Å². The third kappa shape index (κ3) is 3.04. The summed E-state index contributed by atoms with van der Waals surface area (Å²) < 4.78 is 1.55. The van der Waals surface area contributed by atoms with Crippen molar-refractivity contribution in [2.24, 2.45) is 7.05 Å². The Labute approximate surface area is 109 Å². The fraction of sp³-hybridized carbons (Fsp3) is 0.167. The van der Waals surface area contributed by atoms with Crippen LogP contribution >= 0.6 is 11.8 Å². The number of carbonyl (C=O) groups excluding carboxylic acids is 1. The monoisotopic (exact) mass is 260 g/mol. The molecule has 0 saturated carbocycles. The van der Waals surface area contributed by atoms with Crippen molar-refractivity contribution in [1.29, 1.82) is 0 Å². The van der Waals surface area contributed by atoms with Crippen molar-refractivity contribution in [1.82, 2.24) is 20.2 Å². The van der Waals surface area contributed by atoms with Crippen molar-refractivity contribution in [2.45, 2.75) is 12.1 Å². The molecule has 2 aromatic rings. The van der Waals surface area contributed by atoms with Gasteiger partial charge in [-0.3, -0.25) is 4.79 Å². The molecular formula is C12H12N4OS. The molecule has 0 amide bonds. The molecule has 0 atom stereocenters. The maximum absolute atomic E-state index is 11.9. The van der Waals surface area contributed by atoms with Gasteiger partial charge in [0, 0.05) is 12.6 Å². The molecule has 1 aromatic heterocycles. The van der Waals surface area contributed by atoms with E-state index in [4.69, 9.17) is 0 Å². The van der Waals surface area contributed by atoms with Gasteiger partial charge in [0.2, 0.25) is 5.16 Å². The molecule has 92 valence electrons. The third-order valence-electron chi connectivity index (χ3n) is 2.28. The molecule has 0 N–H and O–H groups in total. The molecule has 0 fully saturated rings. The van der Waals surface area contributed by atoms with Gasteiger partial charge in [-0.1, -0.05) is 35.5 Å². The third-order valence-corrected chi connectivity index (χ3v) is 3.11. The average molecular weight is 260 g/mol. The number of aromatic nitrogens is 4. The van der Waals surface area contributed by atoms with E-state index in [0.717, 1.165) is 5.56 Å². The van der Waals surface area contributed by atoms with E-state index in [1.165, 1.54) is 17.8 Å². The predicted molar refractivity (Wildman–Crippen MR) is 69.3 cm³/mol. The number of thioether (sulfide) groups is 1. The van der Waals surface area contributed by atoms with E-state index in [1.54, 1.807) is 23.2 Å². The second kappa shape index (κ2) is 5.59. The molecule has 18 heavy (non-hydrogen) atoms. The van der Waals surface area contributed by atoms with Gasteiger partial charge in [-0.2, -0.15) is 0 Å². The van der Waals surface area contributed by atoms with Crippen LogP contribution in [0.2, 0.25) is 0 Å². The first-order valence-electron chi connectivity index (χ1n) is 5.33. The minimum atomic E-state index is -0.0265. The quantitative estimate of drug-likeness (QED) is 0.478. The number of tetrazole rings is 1. The standard InChI is InChI=1S/C12H12N4OS/c1-9-4-3-5-10(8-9)11(17)6-7-18-12-13-14-15-16(12)2/h3-8H,1-2H3/b7-6-. The van der Waals surface area contributed by atoms with Gasteiger partial charge in [-0.15, -0.1) is 5.10 Å². The summed E-state index contributed by atoms with van der Waals surface area (Å²) in [6.07, 6.45) is 1.52. The smallest absolute Gasteiger partial charge is 0.213 e. The summed E-state index contributed by atoms with van der Waals surface area (Å²) in [4.78, 5) is 11.9. The Kier molecular flexibility index (Phi) is 3.88. The highest BCUT2D eigenvalue weighted by Crippen LogP contribution is 2.14. The molecule has 1 heterocycles. The molecule has 0 spiro atoms. The average Bonchev–Trinajstić information content (AvgIpc) is 2.75. The molecule has 1 aromatic carbocycles. The SMILES string of the molecule is Cc1cccc(C(=O)/C=C\Sc2nnnn2C)c1. The van der Waals surface area contributed by atoms with Crippen LogP contribution in [0.5, 0.6) is 0 Å². The van der Waals surface area contributed by atoms with Crippen LogP contribution in [0, 0.1) is 6.92 Å². The second-order valence-electron chi connectivity index (χ2n) is 3.74. The summed E-state index contributed by atoms with van der Waals surface area (Å²) in [5, 5.41) is 13.3. The van der Waals surface area contributed by atoms with E-state index >= 15 is 0 Å². The van der Waals surface area contributed by atoms with Gasteiger partial charge in [0.1, 0.15) is 0 Å². The number of aryl methyl sites for hydroxylation is 2. The lowest BCUT2D eigenvalue weighted by Crippen LogP contribution is -1.94. The van der Waals surface area contributed by atoms with E-state index < -0.39 is 0 Å². The Morgan fingerprint density at radius 1 is 1.44 bits per heavy atom. The van der Waals surface area contributed by atoms with Gasteiger partial charge >= 0.3 is 0 Å². The summed E-state index contributed by atoms with van der Waals surface area (Å²) in [7, 11) is 1.75. The molecule has 5 nitrogen and oxygen atoms in total. The zero-order valence-electron chi connectivity index (χ0n) is 10.1. The number of benzene rings is 1. The molecule has 0 aliphatic rings. The molecular weight excluding hydrogens is 248 g/mol. The number of nitrogens with zero attached hydrogens (tertiary/aromatic N) is 4. The molecule has 0 unspecified atom stereocenters. The van der Waals surface area contributed by atoms with Crippen LogP contribution < -0.4 is 0 Å². The first kappa shape index (κ1) is 12.5. The van der Waals surface area contributed by atoms with E-state index in [-0.39, 0.29) is 5.78 Å². The lowest BCUT2D eigenvalue weighted by atomic mass is 10.1. The lowest BCUT2D eigenvalue weighted by molar-refractivity contribution is 0.104. The van der Waals surface area contributed by atoms with Gasteiger partial charge < -0.3 is 0 Å². The molecule has 0 aliphatic carbocycles. The number of rotatable bonds is 4. The maximum atomic E-state index is 11.9. The van der Waals surface area contributed by atoms with Crippen LogP contribution in [-0.4, -0.2) is 26.0 Å². The number of hydrogen-bond donors (Lipinski definition) is 0. The second-order valence-corrected chi connectivity index (χ2v) is 4.61. The first-order chi connectivity index (χ1) is 8.66. The van der Waals surface area contributed by atoms with Crippen LogP contribution in [0.3, 0.4) is 0 Å². The zero-order valence-corrected chi connectivity index (χ0v) is 10.9. The highest BCUT2D eigenvalue weighted by molar-refractivity contribution is 8.02. The van der Waals surface area contributed by atoms with E-state index in [0.29, 0.717) is 10.7 Å². The first-order valence-corrected chi connectivity index (χ1v) is 6.21. The Morgan fingerprint density at radius 3 is 2.94 bits per heavy atom. The van der Waals surface area contributed by atoms with Crippen LogP contribution in [0.25, 0.3) is 0 Å². The molecule has 0 bridgehead atoms. The topological polar surface area (TPSA) is 60.7 Å².